The molecule has 2 N–H and O–H groups in total. The number of anilines is 3. The smallest absolute Gasteiger partial charge is 0.226 e. The molecule has 0 bridgehead atoms. The average Bonchev–Trinajstić information content (AvgIpc) is 2.90. The summed E-state index contributed by atoms with van der Waals surface area (Å²) in [6.45, 7) is 2.84. The highest BCUT2D eigenvalue weighted by molar-refractivity contribution is 14.1. The summed E-state index contributed by atoms with van der Waals surface area (Å²) in [4.78, 5) is 10.1. The van der Waals surface area contributed by atoms with Crippen LogP contribution in [0.1, 0.15) is 6.92 Å². The number of nitrogens with zero attached hydrogens (tertiary/aromatic N) is 2. The standard InChI is InChI=1S/C14H13IN4S/c1-2-16-14-18-12(9-7-8-20-13(9)19-14)17-11-6-4-3-5-10(11)15/h3-8H,2H2,1H3,(H2,16,17,18,19). The average molecular weight is 396 g/mol. The van der Waals surface area contributed by atoms with Gasteiger partial charge in [0.15, 0.2) is 0 Å². The zero-order valence-electron chi connectivity index (χ0n) is 10.9. The number of nitrogens with one attached hydrogen (secondary N) is 2. The molecule has 0 spiro atoms. The Balaban J connectivity index is 2.05. The monoisotopic (exact) mass is 396 g/mol. The van der Waals surface area contributed by atoms with Crippen LogP contribution in [-0.2, 0) is 0 Å². The van der Waals surface area contributed by atoms with Gasteiger partial charge in [-0.25, -0.2) is 4.98 Å². The second-order valence-electron chi connectivity index (χ2n) is 4.17. The number of hydrogen-bond donors (Lipinski definition) is 2. The van der Waals surface area contributed by atoms with Gasteiger partial charge in [-0.05, 0) is 53.1 Å². The molecule has 0 atom stereocenters. The van der Waals surface area contributed by atoms with E-state index in [0.717, 1.165) is 31.8 Å². The van der Waals surface area contributed by atoms with Crippen molar-refractivity contribution in [3.8, 4) is 0 Å². The lowest BCUT2D eigenvalue weighted by atomic mass is 10.3. The maximum Gasteiger partial charge on any atom is 0.226 e. The molecule has 102 valence electrons. The van der Waals surface area contributed by atoms with Gasteiger partial charge in [-0.3, -0.25) is 0 Å². The molecule has 0 aliphatic heterocycles. The van der Waals surface area contributed by atoms with Crippen LogP contribution in [0.3, 0.4) is 0 Å². The van der Waals surface area contributed by atoms with Crippen molar-refractivity contribution in [2.75, 3.05) is 17.2 Å². The number of thiophene rings is 1. The number of hydrogen-bond acceptors (Lipinski definition) is 5. The van der Waals surface area contributed by atoms with Crippen molar-refractivity contribution in [3.63, 3.8) is 0 Å². The second kappa shape index (κ2) is 5.92. The molecule has 0 fully saturated rings. The predicted octanol–water partition coefficient (Wildman–Crippen LogP) is 4.47. The van der Waals surface area contributed by atoms with Crippen LogP contribution < -0.4 is 10.6 Å². The summed E-state index contributed by atoms with van der Waals surface area (Å²) < 4.78 is 1.16. The maximum absolute atomic E-state index is 4.57. The molecule has 3 rings (SSSR count). The molecular weight excluding hydrogens is 383 g/mol. The van der Waals surface area contributed by atoms with Crippen molar-refractivity contribution >= 4 is 61.6 Å². The van der Waals surface area contributed by atoms with Gasteiger partial charge < -0.3 is 10.6 Å². The molecule has 0 aliphatic carbocycles. The van der Waals surface area contributed by atoms with Gasteiger partial charge in [0.2, 0.25) is 5.95 Å². The van der Waals surface area contributed by atoms with Gasteiger partial charge in [0.25, 0.3) is 0 Å². The minimum atomic E-state index is 0.663. The molecule has 1 aromatic carbocycles. The van der Waals surface area contributed by atoms with Gasteiger partial charge in [0, 0.05) is 10.1 Å². The van der Waals surface area contributed by atoms with E-state index in [2.05, 4.69) is 55.3 Å². The molecule has 2 aromatic heterocycles. The first kappa shape index (κ1) is 13.6. The molecule has 3 aromatic rings. The number of para-hydroxylation sites is 1. The van der Waals surface area contributed by atoms with E-state index < -0.39 is 0 Å². The third-order valence-corrected chi connectivity index (χ3v) is 4.53. The fourth-order valence-electron chi connectivity index (χ4n) is 1.88. The largest absolute Gasteiger partial charge is 0.354 e. The quantitative estimate of drug-likeness (QED) is 0.639. The zero-order valence-corrected chi connectivity index (χ0v) is 13.8. The van der Waals surface area contributed by atoms with Gasteiger partial charge in [-0.15, -0.1) is 11.3 Å². The molecule has 6 heteroatoms. The summed E-state index contributed by atoms with van der Waals surface area (Å²) in [5.74, 6) is 1.51. The molecule has 0 saturated carbocycles. The topological polar surface area (TPSA) is 49.8 Å². The van der Waals surface area contributed by atoms with Crippen LogP contribution in [0.5, 0.6) is 0 Å². The van der Waals surface area contributed by atoms with Crippen LogP contribution in [0, 0.1) is 3.57 Å². The molecule has 0 saturated heterocycles. The fraction of sp³-hybridized carbons (Fsp3) is 0.143. The van der Waals surface area contributed by atoms with Crippen molar-refractivity contribution in [3.05, 3.63) is 39.3 Å². The summed E-state index contributed by atoms with van der Waals surface area (Å²) in [5.41, 5.74) is 1.06. The van der Waals surface area contributed by atoms with Crippen LogP contribution >= 0.6 is 33.9 Å². The normalized spacial score (nSPS) is 10.7. The summed E-state index contributed by atoms with van der Waals surface area (Å²) in [6, 6.07) is 10.2. The Morgan fingerprint density at radius 3 is 2.85 bits per heavy atom. The van der Waals surface area contributed by atoms with E-state index >= 15 is 0 Å². The van der Waals surface area contributed by atoms with Crippen molar-refractivity contribution < 1.29 is 0 Å². The van der Waals surface area contributed by atoms with E-state index in [9.17, 15) is 0 Å². The van der Waals surface area contributed by atoms with Crippen LogP contribution in [0.15, 0.2) is 35.7 Å². The molecule has 0 unspecified atom stereocenters. The van der Waals surface area contributed by atoms with E-state index in [-0.39, 0.29) is 0 Å². The van der Waals surface area contributed by atoms with Crippen LogP contribution in [0.25, 0.3) is 10.2 Å². The Labute approximate surface area is 134 Å². The van der Waals surface area contributed by atoms with Crippen molar-refractivity contribution in [1.29, 1.82) is 0 Å². The lowest BCUT2D eigenvalue weighted by Crippen LogP contribution is -2.04. The van der Waals surface area contributed by atoms with E-state index in [1.165, 1.54) is 0 Å². The number of halogens is 1. The Kier molecular flexibility index (Phi) is 4.02. The summed E-state index contributed by atoms with van der Waals surface area (Å²) >= 11 is 3.94. The highest BCUT2D eigenvalue weighted by Gasteiger charge is 2.09. The summed E-state index contributed by atoms with van der Waals surface area (Å²) in [7, 11) is 0. The van der Waals surface area contributed by atoms with Gasteiger partial charge >= 0.3 is 0 Å². The Bertz CT molecular complexity index is 741. The van der Waals surface area contributed by atoms with Gasteiger partial charge in [-0.2, -0.15) is 4.98 Å². The molecule has 2 heterocycles. The molecule has 0 amide bonds. The summed E-state index contributed by atoms with van der Waals surface area (Å²) in [6.07, 6.45) is 0. The van der Waals surface area contributed by atoms with E-state index in [1.807, 2.05) is 30.5 Å². The molecule has 4 nitrogen and oxygen atoms in total. The number of fused-ring (bicyclic) bond motifs is 1. The maximum atomic E-state index is 4.57. The molecular formula is C14H13IN4S. The minimum absolute atomic E-state index is 0.663. The van der Waals surface area contributed by atoms with E-state index in [0.29, 0.717) is 5.95 Å². The molecule has 20 heavy (non-hydrogen) atoms. The SMILES string of the molecule is CCNc1nc(Nc2ccccc2I)c2ccsc2n1. The van der Waals surface area contributed by atoms with E-state index in [1.54, 1.807) is 11.3 Å². The number of rotatable bonds is 4. The second-order valence-corrected chi connectivity index (χ2v) is 6.23. The van der Waals surface area contributed by atoms with Crippen molar-refractivity contribution in [1.82, 2.24) is 9.97 Å². The number of benzene rings is 1. The Morgan fingerprint density at radius 2 is 2.05 bits per heavy atom. The van der Waals surface area contributed by atoms with Crippen LogP contribution in [0.2, 0.25) is 0 Å². The fourth-order valence-corrected chi connectivity index (χ4v) is 3.16. The lowest BCUT2D eigenvalue weighted by molar-refractivity contribution is 1.11. The third-order valence-electron chi connectivity index (χ3n) is 2.79. The predicted molar refractivity (Wildman–Crippen MR) is 94.0 cm³/mol. The van der Waals surface area contributed by atoms with Gasteiger partial charge in [0.1, 0.15) is 10.6 Å². The zero-order chi connectivity index (χ0) is 13.9. The van der Waals surface area contributed by atoms with Crippen molar-refractivity contribution in [2.24, 2.45) is 0 Å². The third kappa shape index (κ3) is 2.71. The first-order chi connectivity index (χ1) is 9.78. The number of aromatic nitrogens is 2. The molecule has 0 radical (unpaired) electrons. The lowest BCUT2D eigenvalue weighted by Gasteiger charge is -2.10. The Morgan fingerprint density at radius 1 is 1.20 bits per heavy atom. The Hall–Kier alpha value is -1.41. The minimum Gasteiger partial charge on any atom is -0.354 e. The molecule has 0 aliphatic rings. The highest BCUT2D eigenvalue weighted by atomic mass is 127. The highest BCUT2D eigenvalue weighted by Crippen LogP contribution is 2.30. The van der Waals surface area contributed by atoms with Crippen molar-refractivity contribution in [2.45, 2.75) is 6.92 Å². The van der Waals surface area contributed by atoms with E-state index in [4.69, 9.17) is 0 Å². The van der Waals surface area contributed by atoms with Gasteiger partial charge in [0.05, 0.1) is 11.1 Å². The van der Waals surface area contributed by atoms with Crippen LogP contribution in [-0.4, -0.2) is 16.5 Å². The first-order valence-corrected chi connectivity index (χ1v) is 8.24. The first-order valence-electron chi connectivity index (χ1n) is 6.28. The van der Waals surface area contributed by atoms with Gasteiger partial charge in [-0.1, -0.05) is 12.1 Å². The van der Waals surface area contributed by atoms with Crippen LogP contribution in [0.4, 0.5) is 17.5 Å². The summed E-state index contributed by atoms with van der Waals surface area (Å²) in [5, 5.41) is 9.67.